The van der Waals surface area contributed by atoms with E-state index < -0.39 is 0 Å². The largest absolute Gasteiger partial charge is 0.456 e. The summed E-state index contributed by atoms with van der Waals surface area (Å²) in [5.74, 6) is 0.659. The van der Waals surface area contributed by atoms with Crippen molar-refractivity contribution in [1.29, 1.82) is 0 Å². The zero-order valence-corrected chi connectivity index (χ0v) is 22.5. The second kappa shape index (κ2) is 8.88. The van der Waals surface area contributed by atoms with Crippen LogP contribution in [0.15, 0.2) is 144 Å². The Bertz CT molecular complexity index is 2470. The summed E-state index contributed by atoms with van der Waals surface area (Å²) in [7, 11) is 0. The van der Waals surface area contributed by atoms with E-state index in [9.17, 15) is 0 Å². The fourth-order valence-corrected chi connectivity index (χ4v) is 6.25. The molecule has 9 aromatic rings. The summed E-state index contributed by atoms with van der Waals surface area (Å²) in [5, 5.41) is 5.63. The quantitative estimate of drug-likeness (QED) is 0.225. The molecule has 4 nitrogen and oxygen atoms in total. The highest BCUT2D eigenvalue weighted by Gasteiger charge is 2.18. The topological polar surface area (TPSA) is 43.9 Å². The number of hydrogen-bond acceptors (Lipinski definition) is 3. The van der Waals surface area contributed by atoms with Gasteiger partial charge in [-0.3, -0.25) is 4.57 Å². The number of furan rings is 1. The molecule has 0 radical (unpaired) electrons. The summed E-state index contributed by atoms with van der Waals surface area (Å²) in [6.45, 7) is 0. The van der Waals surface area contributed by atoms with Gasteiger partial charge in [0.25, 0.3) is 0 Å². The first-order chi connectivity index (χ1) is 20.8. The van der Waals surface area contributed by atoms with Crippen LogP contribution in [0.2, 0.25) is 0 Å². The molecule has 0 unspecified atom stereocenters. The van der Waals surface area contributed by atoms with Crippen molar-refractivity contribution < 1.29 is 4.42 Å². The van der Waals surface area contributed by atoms with E-state index in [-0.39, 0.29) is 0 Å². The van der Waals surface area contributed by atoms with Gasteiger partial charge in [-0.05, 0) is 47.5 Å². The summed E-state index contributed by atoms with van der Waals surface area (Å²) >= 11 is 0. The summed E-state index contributed by atoms with van der Waals surface area (Å²) in [6.07, 6.45) is 0. The molecule has 0 saturated carbocycles. The minimum atomic E-state index is 0.659. The normalized spacial score (nSPS) is 11.8. The Kier molecular flexibility index (Phi) is 4.87. The lowest BCUT2D eigenvalue weighted by molar-refractivity contribution is 0.669. The van der Waals surface area contributed by atoms with Crippen LogP contribution in [0, 0.1) is 0 Å². The molecule has 196 valence electrons. The Morgan fingerprint density at radius 1 is 0.429 bits per heavy atom. The fraction of sp³-hybridized carbons (Fsp3) is 0. The van der Waals surface area contributed by atoms with Crippen LogP contribution in [-0.2, 0) is 0 Å². The van der Waals surface area contributed by atoms with Gasteiger partial charge in [-0.1, -0.05) is 103 Å². The number of aromatic nitrogens is 3. The Balaban J connectivity index is 1.32. The zero-order valence-electron chi connectivity index (χ0n) is 22.5. The Morgan fingerprint density at radius 3 is 2.00 bits per heavy atom. The first-order valence-electron chi connectivity index (χ1n) is 14.1. The molecular weight excluding hydrogens is 514 g/mol. The van der Waals surface area contributed by atoms with Crippen LogP contribution in [0.25, 0.3) is 83.0 Å². The average molecular weight is 538 g/mol. The number of hydrogen-bond donors (Lipinski definition) is 0. The SMILES string of the molecule is c1ccc(-c2nc(-n3c4ccccc4c4ccc(-c5ccc6oc7ccccc7c6c5)cc43)nc3ccccc23)cc1. The summed E-state index contributed by atoms with van der Waals surface area (Å²) in [4.78, 5) is 10.3. The van der Waals surface area contributed by atoms with E-state index in [1.807, 2.05) is 30.3 Å². The zero-order chi connectivity index (χ0) is 27.6. The van der Waals surface area contributed by atoms with Gasteiger partial charge in [-0.25, -0.2) is 9.97 Å². The number of fused-ring (bicyclic) bond motifs is 7. The number of para-hydroxylation sites is 3. The highest BCUT2D eigenvalue weighted by atomic mass is 16.3. The molecule has 0 spiro atoms. The summed E-state index contributed by atoms with van der Waals surface area (Å²) in [6, 6.07) is 48.4. The molecule has 0 bridgehead atoms. The van der Waals surface area contributed by atoms with Gasteiger partial charge in [0.2, 0.25) is 5.95 Å². The molecule has 4 heteroatoms. The maximum atomic E-state index is 6.09. The third-order valence-electron chi connectivity index (χ3n) is 8.22. The molecule has 3 heterocycles. The molecular formula is C38H23N3O. The first kappa shape index (κ1) is 23.0. The predicted molar refractivity (Wildman–Crippen MR) is 172 cm³/mol. The summed E-state index contributed by atoms with van der Waals surface area (Å²) < 4.78 is 8.30. The highest BCUT2D eigenvalue weighted by Crippen LogP contribution is 2.37. The van der Waals surface area contributed by atoms with Gasteiger partial charge in [-0.15, -0.1) is 0 Å². The van der Waals surface area contributed by atoms with Crippen LogP contribution in [0.4, 0.5) is 0 Å². The molecule has 0 atom stereocenters. The lowest BCUT2D eigenvalue weighted by atomic mass is 10.0. The van der Waals surface area contributed by atoms with E-state index in [2.05, 4.69) is 114 Å². The molecule has 9 rings (SSSR count). The van der Waals surface area contributed by atoms with Crippen molar-refractivity contribution >= 4 is 54.6 Å². The van der Waals surface area contributed by atoms with Gasteiger partial charge in [-0.2, -0.15) is 0 Å². The highest BCUT2D eigenvalue weighted by molar-refractivity contribution is 6.11. The van der Waals surface area contributed by atoms with Gasteiger partial charge in [0.15, 0.2) is 0 Å². The first-order valence-corrected chi connectivity index (χ1v) is 14.1. The molecule has 42 heavy (non-hydrogen) atoms. The standard InChI is InChI=1S/C38H23N3O/c1-2-10-24(11-3-1)37-30-14-4-7-15-32(30)39-38(40-37)41-33-16-8-5-12-27(33)28-20-18-26(23-34(28)41)25-19-21-36-31(22-25)29-13-6-9-17-35(29)42-36/h1-23H. The maximum Gasteiger partial charge on any atom is 0.235 e. The van der Waals surface area contributed by atoms with Crippen LogP contribution >= 0.6 is 0 Å². The second-order valence-electron chi connectivity index (χ2n) is 10.6. The monoisotopic (exact) mass is 537 g/mol. The van der Waals surface area contributed by atoms with Crippen molar-refractivity contribution in [2.75, 3.05) is 0 Å². The van der Waals surface area contributed by atoms with Crippen LogP contribution in [0.1, 0.15) is 0 Å². The number of nitrogens with zero attached hydrogens (tertiary/aromatic N) is 3. The lowest BCUT2D eigenvalue weighted by Gasteiger charge is -2.12. The predicted octanol–water partition coefficient (Wildman–Crippen LogP) is 9.96. The molecule has 0 saturated heterocycles. The minimum absolute atomic E-state index is 0.659. The molecule has 0 aliphatic rings. The van der Waals surface area contributed by atoms with Crippen LogP contribution in [0.3, 0.4) is 0 Å². The molecule has 0 N–H and O–H groups in total. The van der Waals surface area contributed by atoms with Gasteiger partial charge >= 0.3 is 0 Å². The van der Waals surface area contributed by atoms with Crippen molar-refractivity contribution in [3.8, 4) is 28.3 Å². The lowest BCUT2D eigenvalue weighted by Crippen LogP contribution is -2.03. The maximum absolute atomic E-state index is 6.09. The van der Waals surface area contributed by atoms with Crippen LogP contribution in [0.5, 0.6) is 0 Å². The van der Waals surface area contributed by atoms with E-state index in [1.54, 1.807) is 0 Å². The number of benzene rings is 6. The Morgan fingerprint density at radius 2 is 1.10 bits per heavy atom. The van der Waals surface area contributed by atoms with Crippen LogP contribution < -0.4 is 0 Å². The molecule has 0 aliphatic heterocycles. The van der Waals surface area contributed by atoms with E-state index in [4.69, 9.17) is 14.4 Å². The van der Waals surface area contributed by atoms with Crippen molar-refractivity contribution in [2.24, 2.45) is 0 Å². The molecule has 0 fully saturated rings. The molecule has 6 aromatic carbocycles. The Hall–Kier alpha value is -5.74. The van der Waals surface area contributed by atoms with Crippen molar-refractivity contribution in [2.45, 2.75) is 0 Å². The van der Waals surface area contributed by atoms with Crippen LogP contribution in [-0.4, -0.2) is 14.5 Å². The van der Waals surface area contributed by atoms with E-state index >= 15 is 0 Å². The van der Waals surface area contributed by atoms with Crippen molar-refractivity contribution in [3.05, 3.63) is 140 Å². The second-order valence-corrected chi connectivity index (χ2v) is 10.6. The molecule has 3 aromatic heterocycles. The minimum Gasteiger partial charge on any atom is -0.456 e. The fourth-order valence-electron chi connectivity index (χ4n) is 6.25. The van der Waals surface area contributed by atoms with E-state index in [0.29, 0.717) is 5.95 Å². The Labute approximate surface area is 241 Å². The average Bonchev–Trinajstić information content (AvgIpc) is 3.59. The van der Waals surface area contributed by atoms with E-state index in [0.717, 1.165) is 66.3 Å². The third-order valence-corrected chi connectivity index (χ3v) is 8.22. The van der Waals surface area contributed by atoms with Gasteiger partial charge in [0.05, 0.1) is 22.2 Å². The van der Waals surface area contributed by atoms with Crippen molar-refractivity contribution in [1.82, 2.24) is 14.5 Å². The molecule has 0 amide bonds. The van der Waals surface area contributed by atoms with Gasteiger partial charge in [0.1, 0.15) is 11.2 Å². The summed E-state index contributed by atoms with van der Waals surface area (Å²) in [5.41, 5.74) is 9.13. The van der Waals surface area contributed by atoms with Gasteiger partial charge in [0, 0.05) is 32.5 Å². The third kappa shape index (κ3) is 3.42. The number of rotatable bonds is 3. The van der Waals surface area contributed by atoms with Crippen molar-refractivity contribution in [3.63, 3.8) is 0 Å². The van der Waals surface area contributed by atoms with Gasteiger partial charge < -0.3 is 4.42 Å². The van der Waals surface area contributed by atoms with E-state index in [1.165, 1.54) is 10.8 Å². The smallest absolute Gasteiger partial charge is 0.235 e. The molecule has 0 aliphatic carbocycles.